The zero-order chi connectivity index (χ0) is 18.6. The SMILES string of the molecule is O=C(O)c1cccc(CN2CCC3C(CCCN3Cc3ccccc3)C2)c1. The first-order valence-electron chi connectivity index (χ1n) is 10.0. The van der Waals surface area contributed by atoms with Crippen molar-refractivity contribution in [3.8, 4) is 0 Å². The van der Waals surface area contributed by atoms with Crippen molar-refractivity contribution < 1.29 is 9.90 Å². The van der Waals surface area contributed by atoms with Crippen LogP contribution in [0.3, 0.4) is 0 Å². The van der Waals surface area contributed by atoms with Crippen LogP contribution >= 0.6 is 0 Å². The fourth-order valence-corrected chi connectivity index (χ4v) is 4.80. The van der Waals surface area contributed by atoms with Gasteiger partial charge in [-0.25, -0.2) is 4.79 Å². The molecule has 4 heteroatoms. The molecule has 2 unspecified atom stereocenters. The number of hydrogen-bond acceptors (Lipinski definition) is 3. The van der Waals surface area contributed by atoms with Crippen LogP contribution in [0.1, 0.15) is 40.7 Å². The van der Waals surface area contributed by atoms with Crippen LogP contribution < -0.4 is 0 Å². The van der Waals surface area contributed by atoms with Crippen LogP contribution in [0.2, 0.25) is 0 Å². The zero-order valence-corrected chi connectivity index (χ0v) is 15.8. The van der Waals surface area contributed by atoms with Crippen LogP contribution in [0.15, 0.2) is 54.6 Å². The minimum Gasteiger partial charge on any atom is -0.478 e. The first kappa shape index (κ1) is 18.2. The molecule has 0 amide bonds. The third-order valence-corrected chi connectivity index (χ3v) is 6.08. The second kappa shape index (κ2) is 8.24. The molecule has 2 aliphatic rings. The lowest BCUT2D eigenvalue weighted by atomic mass is 9.83. The molecule has 1 N–H and O–H groups in total. The van der Waals surface area contributed by atoms with Crippen molar-refractivity contribution in [3.05, 3.63) is 71.3 Å². The molecule has 2 fully saturated rings. The molecule has 4 rings (SSSR count). The Morgan fingerprint density at radius 3 is 2.59 bits per heavy atom. The average molecular weight is 364 g/mol. The summed E-state index contributed by atoms with van der Waals surface area (Å²) in [6.45, 7) is 5.32. The van der Waals surface area contributed by atoms with E-state index in [2.05, 4.69) is 40.1 Å². The van der Waals surface area contributed by atoms with Crippen molar-refractivity contribution >= 4 is 5.97 Å². The van der Waals surface area contributed by atoms with E-state index in [0.29, 0.717) is 11.6 Å². The minimum atomic E-state index is -0.848. The van der Waals surface area contributed by atoms with E-state index in [4.69, 9.17) is 0 Å². The van der Waals surface area contributed by atoms with E-state index in [1.165, 1.54) is 31.4 Å². The van der Waals surface area contributed by atoms with Crippen LogP contribution in [-0.4, -0.2) is 46.6 Å². The number of fused-ring (bicyclic) bond motifs is 1. The van der Waals surface area contributed by atoms with Crippen molar-refractivity contribution in [1.82, 2.24) is 9.80 Å². The number of hydrogen-bond donors (Lipinski definition) is 1. The molecule has 142 valence electrons. The number of aromatic carboxylic acids is 1. The summed E-state index contributed by atoms with van der Waals surface area (Å²) in [5, 5.41) is 9.20. The molecule has 4 nitrogen and oxygen atoms in total. The molecule has 2 aliphatic heterocycles. The van der Waals surface area contributed by atoms with Crippen molar-refractivity contribution in [2.75, 3.05) is 19.6 Å². The number of likely N-dealkylation sites (tertiary alicyclic amines) is 2. The normalized spacial score (nSPS) is 23.7. The summed E-state index contributed by atoms with van der Waals surface area (Å²) < 4.78 is 0. The average Bonchev–Trinajstić information content (AvgIpc) is 2.69. The van der Waals surface area contributed by atoms with Gasteiger partial charge in [0.25, 0.3) is 0 Å². The molecule has 2 saturated heterocycles. The van der Waals surface area contributed by atoms with Gasteiger partial charge in [0.05, 0.1) is 5.56 Å². The number of carboxylic acid groups (broad SMARTS) is 1. The summed E-state index contributed by atoms with van der Waals surface area (Å²) in [6, 6.07) is 18.9. The Labute approximate surface area is 161 Å². The largest absolute Gasteiger partial charge is 0.478 e. The third-order valence-electron chi connectivity index (χ3n) is 6.08. The predicted molar refractivity (Wildman–Crippen MR) is 107 cm³/mol. The summed E-state index contributed by atoms with van der Waals surface area (Å²) in [6.07, 6.45) is 3.79. The number of benzene rings is 2. The van der Waals surface area contributed by atoms with Gasteiger partial charge < -0.3 is 5.11 Å². The Morgan fingerprint density at radius 2 is 1.78 bits per heavy atom. The molecular weight excluding hydrogens is 336 g/mol. The van der Waals surface area contributed by atoms with Crippen LogP contribution in [0.5, 0.6) is 0 Å². The summed E-state index contributed by atoms with van der Waals surface area (Å²) in [5.74, 6) is -0.127. The van der Waals surface area contributed by atoms with E-state index < -0.39 is 5.97 Å². The Hall–Kier alpha value is -2.17. The van der Waals surface area contributed by atoms with E-state index in [0.717, 1.165) is 37.7 Å². The standard InChI is InChI=1S/C23H28N2O2/c26-23(27)20-9-4-8-19(14-20)15-24-13-11-22-21(17-24)10-5-12-25(22)16-18-6-2-1-3-7-18/h1-4,6-9,14,21-22H,5,10-13,15-17H2,(H,26,27). The van der Waals surface area contributed by atoms with Gasteiger partial charge in [-0.15, -0.1) is 0 Å². The molecule has 0 radical (unpaired) electrons. The molecule has 2 aromatic carbocycles. The lowest BCUT2D eigenvalue weighted by Crippen LogP contribution is -2.53. The van der Waals surface area contributed by atoms with Gasteiger partial charge in [-0.2, -0.15) is 0 Å². The molecule has 0 aromatic heterocycles. The number of carbonyl (C=O) groups is 1. The van der Waals surface area contributed by atoms with Gasteiger partial charge in [-0.1, -0.05) is 42.5 Å². The number of nitrogens with zero attached hydrogens (tertiary/aromatic N) is 2. The van der Waals surface area contributed by atoms with Gasteiger partial charge in [0, 0.05) is 25.7 Å². The smallest absolute Gasteiger partial charge is 0.335 e. The number of carboxylic acids is 1. The van der Waals surface area contributed by atoms with Crippen molar-refractivity contribution in [1.29, 1.82) is 0 Å². The summed E-state index contributed by atoms with van der Waals surface area (Å²) >= 11 is 0. The summed E-state index contributed by atoms with van der Waals surface area (Å²) in [5.41, 5.74) is 2.89. The van der Waals surface area contributed by atoms with Gasteiger partial charge in [-0.3, -0.25) is 9.80 Å². The molecule has 0 aliphatic carbocycles. The Kier molecular flexibility index (Phi) is 5.55. The van der Waals surface area contributed by atoms with Crippen molar-refractivity contribution in [3.63, 3.8) is 0 Å². The Bertz CT molecular complexity index is 777. The van der Waals surface area contributed by atoms with Crippen LogP contribution in [0.4, 0.5) is 0 Å². The molecule has 0 bridgehead atoms. The lowest BCUT2D eigenvalue weighted by molar-refractivity contribution is 0.0156. The maximum atomic E-state index is 11.2. The maximum Gasteiger partial charge on any atom is 0.335 e. The van der Waals surface area contributed by atoms with Gasteiger partial charge in [0.1, 0.15) is 0 Å². The van der Waals surface area contributed by atoms with Crippen molar-refractivity contribution in [2.24, 2.45) is 5.92 Å². The highest BCUT2D eigenvalue weighted by Gasteiger charge is 2.35. The maximum absolute atomic E-state index is 11.2. The fourth-order valence-electron chi connectivity index (χ4n) is 4.80. The third kappa shape index (κ3) is 4.40. The van der Waals surface area contributed by atoms with Gasteiger partial charge in [0.2, 0.25) is 0 Å². The second-order valence-electron chi connectivity index (χ2n) is 7.96. The van der Waals surface area contributed by atoms with Gasteiger partial charge in [-0.05, 0) is 61.5 Å². The monoisotopic (exact) mass is 364 g/mol. The second-order valence-corrected chi connectivity index (χ2v) is 7.96. The van der Waals surface area contributed by atoms with E-state index in [1.807, 2.05) is 18.2 Å². The molecule has 0 spiro atoms. The van der Waals surface area contributed by atoms with Gasteiger partial charge in [0.15, 0.2) is 0 Å². The molecule has 27 heavy (non-hydrogen) atoms. The highest BCUT2D eigenvalue weighted by atomic mass is 16.4. The van der Waals surface area contributed by atoms with Crippen molar-refractivity contribution in [2.45, 2.75) is 38.4 Å². The highest BCUT2D eigenvalue weighted by molar-refractivity contribution is 5.87. The van der Waals surface area contributed by atoms with E-state index in [9.17, 15) is 9.90 Å². The van der Waals surface area contributed by atoms with Crippen LogP contribution in [0, 0.1) is 5.92 Å². The lowest BCUT2D eigenvalue weighted by Gasteiger charge is -2.47. The predicted octanol–water partition coefficient (Wildman–Crippen LogP) is 3.87. The number of piperidine rings is 2. The zero-order valence-electron chi connectivity index (χ0n) is 15.8. The Balaban J connectivity index is 1.38. The first-order valence-corrected chi connectivity index (χ1v) is 10.0. The summed E-state index contributed by atoms with van der Waals surface area (Å²) in [7, 11) is 0. The van der Waals surface area contributed by atoms with E-state index >= 15 is 0 Å². The summed E-state index contributed by atoms with van der Waals surface area (Å²) in [4.78, 5) is 16.4. The number of rotatable bonds is 5. The quantitative estimate of drug-likeness (QED) is 0.875. The van der Waals surface area contributed by atoms with E-state index in [1.54, 1.807) is 6.07 Å². The molecule has 0 saturated carbocycles. The molecule has 2 aromatic rings. The van der Waals surface area contributed by atoms with Crippen LogP contribution in [-0.2, 0) is 13.1 Å². The highest BCUT2D eigenvalue weighted by Crippen LogP contribution is 2.32. The Morgan fingerprint density at radius 1 is 0.963 bits per heavy atom. The topological polar surface area (TPSA) is 43.8 Å². The van der Waals surface area contributed by atoms with E-state index in [-0.39, 0.29) is 0 Å². The molecule has 2 atom stereocenters. The van der Waals surface area contributed by atoms with Gasteiger partial charge >= 0.3 is 5.97 Å². The van der Waals surface area contributed by atoms with Crippen LogP contribution in [0.25, 0.3) is 0 Å². The minimum absolute atomic E-state index is 0.383. The first-order chi connectivity index (χ1) is 13.2. The fraction of sp³-hybridized carbons (Fsp3) is 0.435. The molecular formula is C23H28N2O2. The molecule has 2 heterocycles.